The summed E-state index contributed by atoms with van der Waals surface area (Å²) in [7, 11) is 0. The van der Waals surface area contributed by atoms with Crippen LogP contribution in [0.5, 0.6) is 0 Å². The molecule has 0 aliphatic carbocycles. The fraction of sp³-hybridized carbons (Fsp3) is 0.227. The number of H-pyrrole nitrogens is 1. The van der Waals surface area contributed by atoms with E-state index in [1.807, 2.05) is 0 Å². The Bertz CT molecular complexity index is 1260. The van der Waals surface area contributed by atoms with Gasteiger partial charge < -0.3 is 20.1 Å². The zero-order valence-corrected chi connectivity index (χ0v) is 17.3. The molecule has 12 heteroatoms. The van der Waals surface area contributed by atoms with Gasteiger partial charge in [-0.1, -0.05) is 6.07 Å². The Kier molecular flexibility index (Phi) is 6.28. The number of fused-ring (bicyclic) bond motifs is 1. The summed E-state index contributed by atoms with van der Waals surface area (Å²) in [6, 6.07) is 9.95. The summed E-state index contributed by atoms with van der Waals surface area (Å²) in [6.45, 7) is -2.03. The van der Waals surface area contributed by atoms with Gasteiger partial charge in [-0.25, -0.2) is 4.68 Å². The molecule has 1 unspecified atom stereocenters. The van der Waals surface area contributed by atoms with E-state index in [4.69, 9.17) is 0 Å². The first-order chi connectivity index (χ1) is 16.0. The number of halogens is 6. The van der Waals surface area contributed by atoms with Crippen LogP contribution < -0.4 is 5.32 Å². The highest BCUT2D eigenvalue weighted by Gasteiger charge is 2.30. The normalized spacial score (nSPS) is 13.4. The number of benzene rings is 2. The fourth-order valence-corrected chi connectivity index (χ4v) is 3.34. The number of aliphatic hydroxyl groups excluding tert-OH is 1. The van der Waals surface area contributed by atoms with Crippen LogP contribution in [0.15, 0.2) is 61.1 Å². The highest BCUT2D eigenvalue weighted by molar-refractivity contribution is 5.95. The first kappa shape index (κ1) is 23.6. The lowest BCUT2D eigenvalue weighted by Gasteiger charge is -2.14. The molecule has 0 spiro atoms. The van der Waals surface area contributed by atoms with Gasteiger partial charge in [0, 0.05) is 28.9 Å². The summed E-state index contributed by atoms with van der Waals surface area (Å²) in [4.78, 5) is 2.99. The van der Waals surface area contributed by atoms with Crippen LogP contribution in [0.2, 0.25) is 0 Å². The van der Waals surface area contributed by atoms with E-state index in [1.54, 1.807) is 36.8 Å². The minimum Gasteiger partial charge on any atom is -0.371 e. The van der Waals surface area contributed by atoms with Crippen molar-refractivity contribution in [3.8, 4) is 16.8 Å². The van der Waals surface area contributed by atoms with E-state index >= 15 is 0 Å². The van der Waals surface area contributed by atoms with Crippen LogP contribution >= 0.6 is 0 Å². The number of ether oxygens (including phenoxy) is 1. The SMILES string of the molecule is OC(COCC(F)(F)F)Nc1c[nH]c2ccc(-c3cnn(-c4ccc(C(F)(F)F)cc4)c3)cc12. The maximum atomic E-state index is 12.8. The molecule has 0 saturated heterocycles. The minimum absolute atomic E-state index is 0.450. The molecule has 0 aliphatic heterocycles. The molecule has 0 bridgehead atoms. The number of hydrogen-bond acceptors (Lipinski definition) is 4. The molecule has 1 atom stereocenters. The predicted molar refractivity (Wildman–Crippen MR) is 112 cm³/mol. The minimum atomic E-state index is -4.49. The van der Waals surface area contributed by atoms with Crippen LogP contribution in [0.25, 0.3) is 27.7 Å². The van der Waals surface area contributed by atoms with Crippen molar-refractivity contribution in [2.24, 2.45) is 0 Å². The van der Waals surface area contributed by atoms with E-state index in [1.165, 1.54) is 16.8 Å². The fourth-order valence-electron chi connectivity index (χ4n) is 3.34. The second-order valence-electron chi connectivity index (χ2n) is 7.47. The van der Waals surface area contributed by atoms with Crippen LogP contribution in [-0.2, 0) is 10.9 Å². The Hall–Kier alpha value is -3.51. The van der Waals surface area contributed by atoms with E-state index in [0.717, 1.165) is 17.7 Å². The van der Waals surface area contributed by atoms with Gasteiger partial charge >= 0.3 is 12.4 Å². The van der Waals surface area contributed by atoms with E-state index in [-0.39, 0.29) is 0 Å². The maximum Gasteiger partial charge on any atom is 0.416 e. The Morgan fingerprint density at radius 1 is 1.03 bits per heavy atom. The number of nitrogens with one attached hydrogen (secondary N) is 2. The summed E-state index contributed by atoms with van der Waals surface area (Å²) in [5.41, 5.74) is 2.28. The summed E-state index contributed by atoms with van der Waals surface area (Å²) < 4.78 is 80.8. The number of rotatable bonds is 7. The zero-order chi connectivity index (χ0) is 24.5. The average molecular weight is 484 g/mol. The lowest BCUT2D eigenvalue weighted by Crippen LogP contribution is -2.28. The summed E-state index contributed by atoms with van der Waals surface area (Å²) in [5.74, 6) is 0. The molecule has 0 fully saturated rings. The number of alkyl halides is 6. The van der Waals surface area contributed by atoms with Crippen LogP contribution in [0, 0.1) is 0 Å². The number of aromatic nitrogens is 3. The number of aromatic amines is 1. The monoisotopic (exact) mass is 484 g/mol. The number of anilines is 1. The van der Waals surface area contributed by atoms with Gasteiger partial charge in [-0.05, 0) is 42.0 Å². The Balaban J connectivity index is 1.51. The van der Waals surface area contributed by atoms with Crippen molar-refractivity contribution in [3.63, 3.8) is 0 Å². The summed E-state index contributed by atoms with van der Waals surface area (Å²) in [6.07, 6.45) is -5.51. The van der Waals surface area contributed by atoms with Crippen molar-refractivity contribution in [1.29, 1.82) is 0 Å². The smallest absolute Gasteiger partial charge is 0.371 e. The molecule has 6 nitrogen and oxygen atoms in total. The van der Waals surface area contributed by atoms with Gasteiger partial charge in [-0.2, -0.15) is 31.4 Å². The lowest BCUT2D eigenvalue weighted by molar-refractivity contribution is -0.178. The molecule has 2 heterocycles. The van der Waals surface area contributed by atoms with Crippen LogP contribution in [-0.4, -0.2) is 45.5 Å². The van der Waals surface area contributed by atoms with Crippen molar-refractivity contribution in [3.05, 3.63) is 66.6 Å². The van der Waals surface area contributed by atoms with Gasteiger partial charge in [0.15, 0.2) is 0 Å². The molecule has 0 radical (unpaired) electrons. The molecule has 180 valence electrons. The van der Waals surface area contributed by atoms with E-state index < -0.39 is 37.4 Å². The number of aliphatic hydroxyl groups is 1. The Morgan fingerprint density at radius 3 is 2.44 bits per heavy atom. The molecule has 2 aromatic heterocycles. The predicted octanol–water partition coefficient (Wildman–Crippen LogP) is 5.35. The van der Waals surface area contributed by atoms with Crippen molar-refractivity contribution < 1.29 is 36.2 Å². The highest BCUT2D eigenvalue weighted by atomic mass is 19.4. The van der Waals surface area contributed by atoms with Crippen molar-refractivity contribution in [1.82, 2.24) is 14.8 Å². The lowest BCUT2D eigenvalue weighted by atomic mass is 10.1. The van der Waals surface area contributed by atoms with Crippen LogP contribution in [0.4, 0.5) is 32.0 Å². The molecular formula is C22H18F6N4O2. The molecule has 0 amide bonds. The quantitative estimate of drug-likeness (QED) is 0.244. The number of nitrogens with zero attached hydrogens (tertiary/aromatic N) is 2. The number of hydrogen-bond donors (Lipinski definition) is 3. The van der Waals surface area contributed by atoms with Crippen molar-refractivity contribution in [2.45, 2.75) is 18.6 Å². The van der Waals surface area contributed by atoms with E-state index in [9.17, 15) is 31.4 Å². The zero-order valence-electron chi connectivity index (χ0n) is 17.3. The first-order valence-electron chi connectivity index (χ1n) is 9.92. The Labute approximate surface area is 188 Å². The molecular weight excluding hydrogens is 466 g/mol. The summed E-state index contributed by atoms with van der Waals surface area (Å²) in [5, 5.41) is 17.5. The highest BCUT2D eigenvalue weighted by Crippen LogP contribution is 2.31. The molecule has 4 aromatic rings. The van der Waals surface area contributed by atoms with Gasteiger partial charge in [-0.15, -0.1) is 0 Å². The molecule has 2 aromatic carbocycles. The second kappa shape index (κ2) is 9.03. The third-order valence-electron chi connectivity index (χ3n) is 4.92. The standard InChI is InChI=1S/C22H18F6N4O2/c23-21(24,25)12-34-11-20(33)31-19-9-29-18-6-1-13(7-17(18)19)14-8-30-32(10-14)16-4-2-15(3-5-16)22(26,27)28/h1-10,20,29,31,33H,11-12H2. The molecule has 34 heavy (non-hydrogen) atoms. The van der Waals surface area contributed by atoms with Gasteiger partial charge in [0.25, 0.3) is 0 Å². The molecule has 3 N–H and O–H groups in total. The topological polar surface area (TPSA) is 75.1 Å². The van der Waals surface area contributed by atoms with Crippen molar-refractivity contribution >= 4 is 16.6 Å². The van der Waals surface area contributed by atoms with Gasteiger partial charge in [-0.3, -0.25) is 0 Å². The summed E-state index contributed by atoms with van der Waals surface area (Å²) >= 11 is 0. The largest absolute Gasteiger partial charge is 0.416 e. The second-order valence-corrected chi connectivity index (χ2v) is 7.47. The first-order valence-corrected chi connectivity index (χ1v) is 9.92. The third kappa shape index (κ3) is 5.51. The van der Waals surface area contributed by atoms with Crippen molar-refractivity contribution in [2.75, 3.05) is 18.5 Å². The molecule has 0 saturated carbocycles. The molecule has 0 aliphatic rings. The molecule has 4 rings (SSSR count). The van der Waals surface area contributed by atoms with Gasteiger partial charge in [0.2, 0.25) is 0 Å². The maximum absolute atomic E-state index is 12.8. The van der Waals surface area contributed by atoms with Gasteiger partial charge in [0.1, 0.15) is 12.8 Å². The average Bonchev–Trinajstić information content (AvgIpc) is 3.40. The van der Waals surface area contributed by atoms with Gasteiger partial charge in [0.05, 0.1) is 29.7 Å². The Morgan fingerprint density at radius 2 is 1.76 bits per heavy atom. The third-order valence-corrected chi connectivity index (χ3v) is 4.92. The van der Waals surface area contributed by atoms with Crippen LogP contribution in [0.1, 0.15) is 5.56 Å². The van der Waals surface area contributed by atoms with E-state index in [0.29, 0.717) is 27.8 Å². The van der Waals surface area contributed by atoms with E-state index in [2.05, 4.69) is 20.1 Å². The van der Waals surface area contributed by atoms with Crippen LogP contribution in [0.3, 0.4) is 0 Å².